The molecular formula is C25H27NO3. The highest BCUT2D eigenvalue weighted by Crippen LogP contribution is 2.80. The van der Waals surface area contributed by atoms with Gasteiger partial charge in [0.2, 0.25) is 0 Å². The molecule has 4 heteroatoms. The zero-order valence-corrected chi connectivity index (χ0v) is 17.0. The van der Waals surface area contributed by atoms with Crippen LogP contribution in [-0.4, -0.2) is 23.6 Å². The summed E-state index contributed by atoms with van der Waals surface area (Å²) in [5, 5.41) is 21.1. The third-order valence-electron chi connectivity index (χ3n) is 8.79. The lowest BCUT2D eigenvalue weighted by atomic mass is 9.52. The fourth-order valence-electron chi connectivity index (χ4n) is 7.65. The molecule has 0 saturated heterocycles. The number of fused-ring (bicyclic) bond motifs is 2. The first-order chi connectivity index (χ1) is 13.9. The summed E-state index contributed by atoms with van der Waals surface area (Å²) in [7, 11) is 1.65. The first kappa shape index (κ1) is 18.6. The summed E-state index contributed by atoms with van der Waals surface area (Å²) in [5.41, 5.74) is -1.09. The summed E-state index contributed by atoms with van der Waals surface area (Å²) < 4.78 is 5.36. The van der Waals surface area contributed by atoms with Crippen LogP contribution in [0.25, 0.3) is 0 Å². The Morgan fingerprint density at radius 2 is 1.90 bits per heavy atom. The van der Waals surface area contributed by atoms with Crippen LogP contribution in [-0.2, 0) is 10.2 Å². The topological polar surface area (TPSA) is 70.3 Å². The van der Waals surface area contributed by atoms with E-state index < -0.39 is 11.0 Å². The summed E-state index contributed by atoms with van der Waals surface area (Å²) in [5.74, 6) is 0.238. The van der Waals surface area contributed by atoms with E-state index in [0.717, 1.165) is 37.0 Å². The van der Waals surface area contributed by atoms with E-state index in [1.807, 2.05) is 12.1 Å². The number of ether oxygens (including phenoxy) is 1. The first-order valence-electron chi connectivity index (χ1n) is 10.6. The summed E-state index contributed by atoms with van der Waals surface area (Å²) in [6.07, 6.45) is 11.9. The number of hydrogen-bond acceptors (Lipinski definition) is 4. The second-order valence-electron chi connectivity index (χ2n) is 9.53. The quantitative estimate of drug-likeness (QED) is 0.790. The molecule has 0 spiro atoms. The van der Waals surface area contributed by atoms with E-state index in [1.165, 1.54) is 6.08 Å². The standard InChI is InChI=1S/C25H27NO3/c1-22-10-3-4-11-23(22)13-14-25(22,17-5-7-18(29-2)8-6-17)20-19(27)9-12-24(28,15-16-26)21(20)23/h5-9,12-14,20-21,28H,3-4,10-11,15H2,1-2H3/t20-,21+,22+,23+,24-,25-/m1/s1. The van der Waals surface area contributed by atoms with E-state index in [0.29, 0.717) is 0 Å². The maximum absolute atomic E-state index is 13.4. The molecule has 0 heterocycles. The van der Waals surface area contributed by atoms with Crippen LogP contribution in [0.2, 0.25) is 0 Å². The fourth-order valence-corrected chi connectivity index (χ4v) is 7.65. The van der Waals surface area contributed by atoms with Gasteiger partial charge in [0.05, 0.1) is 19.6 Å². The number of rotatable bonds is 3. The Morgan fingerprint density at radius 1 is 1.17 bits per heavy atom. The van der Waals surface area contributed by atoms with Gasteiger partial charge < -0.3 is 9.84 Å². The second-order valence-corrected chi connectivity index (χ2v) is 9.53. The fraction of sp³-hybridized carbons (Fsp3) is 0.520. The van der Waals surface area contributed by atoms with E-state index in [2.05, 4.69) is 37.3 Å². The molecular weight excluding hydrogens is 362 g/mol. The number of hydrogen-bond donors (Lipinski definition) is 1. The van der Waals surface area contributed by atoms with Gasteiger partial charge in [-0.2, -0.15) is 5.26 Å². The van der Waals surface area contributed by atoms with Gasteiger partial charge in [0.1, 0.15) is 11.4 Å². The van der Waals surface area contributed by atoms with Crippen LogP contribution >= 0.6 is 0 Å². The molecule has 0 amide bonds. The Kier molecular flexibility index (Phi) is 3.75. The highest BCUT2D eigenvalue weighted by Gasteiger charge is 2.79. The molecule has 4 aliphatic carbocycles. The molecule has 4 aliphatic rings. The van der Waals surface area contributed by atoms with Gasteiger partial charge >= 0.3 is 0 Å². The molecule has 1 aromatic carbocycles. The molecule has 1 aromatic rings. The third kappa shape index (κ3) is 1.95. The van der Waals surface area contributed by atoms with Crippen molar-refractivity contribution in [2.45, 2.75) is 50.0 Å². The number of allylic oxidation sites excluding steroid dienone is 3. The van der Waals surface area contributed by atoms with Gasteiger partial charge in [-0.1, -0.05) is 44.1 Å². The Balaban J connectivity index is 1.79. The lowest BCUT2D eigenvalue weighted by Crippen LogP contribution is -2.53. The van der Waals surface area contributed by atoms with Crippen molar-refractivity contribution in [3.05, 3.63) is 54.1 Å². The molecule has 0 aliphatic heterocycles. The number of ketones is 1. The van der Waals surface area contributed by atoms with E-state index in [4.69, 9.17) is 4.74 Å². The average molecular weight is 389 g/mol. The van der Waals surface area contributed by atoms with Gasteiger partial charge in [-0.15, -0.1) is 0 Å². The van der Waals surface area contributed by atoms with Gasteiger partial charge in [-0.3, -0.25) is 4.79 Å². The van der Waals surface area contributed by atoms with Crippen molar-refractivity contribution in [1.29, 1.82) is 5.26 Å². The normalized spacial score (nSPS) is 44.3. The molecule has 4 nitrogen and oxygen atoms in total. The molecule has 2 fully saturated rings. The van der Waals surface area contributed by atoms with Crippen LogP contribution in [0.3, 0.4) is 0 Å². The van der Waals surface area contributed by atoms with E-state index in [9.17, 15) is 15.2 Å². The Labute approximate surface area is 171 Å². The van der Waals surface area contributed by atoms with Crippen molar-refractivity contribution in [2.24, 2.45) is 22.7 Å². The van der Waals surface area contributed by atoms with Crippen molar-refractivity contribution in [3.63, 3.8) is 0 Å². The van der Waals surface area contributed by atoms with Crippen LogP contribution in [0.15, 0.2) is 48.6 Å². The summed E-state index contributed by atoms with van der Waals surface area (Å²) in [6.45, 7) is 2.31. The van der Waals surface area contributed by atoms with Crippen LogP contribution in [0.4, 0.5) is 0 Å². The average Bonchev–Trinajstić information content (AvgIpc) is 3.12. The highest BCUT2D eigenvalue weighted by molar-refractivity contribution is 5.96. The molecule has 5 rings (SSSR count). The number of aliphatic hydroxyl groups is 1. The van der Waals surface area contributed by atoms with E-state index in [-0.39, 0.29) is 34.9 Å². The first-order valence-corrected chi connectivity index (χ1v) is 10.6. The third-order valence-corrected chi connectivity index (χ3v) is 8.79. The molecule has 0 aromatic heterocycles. The van der Waals surface area contributed by atoms with Gasteiger partial charge in [0.25, 0.3) is 0 Å². The second kappa shape index (κ2) is 5.83. The predicted molar refractivity (Wildman–Crippen MR) is 109 cm³/mol. The number of carbonyl (C=O) groups is 1. The molecule has 150 valence electrons. The van der Waals surface area contributed by atoms with Crippen molar-refractivity contribution < 1.29 is 14.6 Å². The lowest BCUT2D eigenvalue weighted by Gasteiger charge is -2.52. The minimum absolute atomic E-state index is 0.0162. The van der Waals surface area contributed by atoms with Gasteiger partial charge in [-0.05, 0) is 48.1 Å². The molecule has 1 N–H and O–H groups in total. The van der Waals surface area contributed by atoms with Gasteiger partial charge in [-0.25, -0.2) is 0 Å². The van der Waals surface area contributed by atoms with Crippen molar-refractivity contribution in [3.8, 4) is 11.8 Å². The molecule has 2 saturated carbocycles. The zero-order chi connectivity index (χ0) is 20.5. The number of benzene rings is 1. The van der Waals surface area contributed by atoms with Gasteiger partial charge in [0.15, 0.2) is 5.78 Å². The SMILES string of the molecule is COc1ccc([C@@]23C=C[C@@]4(CCCC[C@@]42C)[C@@H]2[C@H]3C(=O)C=C[C@@]2(O)CC#N)cc1. The summed E-state index contributed by atoms with van der Waals surface area (Å²) in [6, 6.07) is 10.3. The zero-order valence-electron chi connectivity index (χ0n) is 17.0. The number of methoxy groups -OCH3 is 1. The predicted octanol–water partition coefficient (Wildman–Crippen LogP) is 4.10. The van der Waals surface area contributed by atoms with Crippen LogP contribution < -0.4 is 4.74 Å². The van der Waals surface area contributed by atoms with Crippen LogP contribution in [0, 0.1) is 34.0 Å². The van der Waals surface area contributed by atoms with E-state index in [1.54, 1.807) is 13.2 Å². The van der Waals surface area contributed by atoms with Crippen molar-refractivity contribution >= 4 is 5.78 Å². The largest absolute Gasteiger partial charge is 0.497 e. The Bertz CT molecular complexity index is 973. The summed E-state index contributed by atoms with van der Waals surface area (Å²) in [4.78, 5) is 13.4. The minimum Gasteiger partial charge on any atom is -0.497 e. The van der Waals surface area contributed by atoms with Crippen LogP contribution in [0.5, 0.6) is 5.75 Å². The maximum atomic E-state index is 13.4. The molecule has 6 atom stereocenters. The Morgan fingerprint density at radius 3 is 2.59 bits per heavy atom. The number of carbonyl (C=O) groups excluding carboxylic acids is 1. The van der Waals surface area contributed by atoms with E-state index >= 15 is 0 Å². The maximum Gasteiger partial charge on any atom is 0.160 e. The summed E-state index contributed by atoms with van der Waals surface area (Å²) >= 11 is 0. The van der Waals surface area contributed by atoms with Gasteiger partial charge in [0, 0.05) is 22.7 Å². The molecule has 0 unspecified atom stereocenters. The molecule has 29 heavy (non-hydrogen) atoms. The van der Waals surface area contributed by atoms with Crippen molar-refractivity contribution in [1.82, 2.24) is 0 Å². The van der Waals surface area contributed by atoms with Crippen LogP contribution in [0.1, 0.15) is 44.6 Å². The number of nitrogens with zero attached hydrogens (tertiary/aromatic N) is 1. The Hall–Kier alpha value is -2.38. The lowest BCUT2D eigenvalue weighted by molar-refractivity contribution is -0.129. The van der Waals surface area contributed by atoms with Crippen molar-refractivity contribution in [2.75, 3.05) is 7.11 Å². The monoisotopic (exact) mass is 389 g/mol. The number of nitriles is 1. The smallest absolute Gasteiger partial charge is 0.160 e. The minimum atomic E-state index is -1.27. The molecule has 0 radical (unpaired) electrons. The highest BCUT2D eigenvalue weighted by atomic mass is 16.5. The molecule has 2 bridgehead atoms.